The zero-order valence-corrected chi connectivity index (χ0v) is 25.5. The van der Waals surface area contributed by atoms with Crippen LogP contribution in [-0.4, -0.2) is 52.2 Å². The third kappa shape index (κ3) is 6.43. The average molecular weight is 580 g/mol. The fraction of sp³-hybridized carbons (Fsp3) is 0.379. The van der Waals surface area contributed by atoms with Gasteiger partial charge in [-0.05, 0) is 54.7 Å². The molecule has 0 saturated carbocycles. The molecule has 0 unspecified atom stereocenters. The van der Waals surface area contributed by atoms with Crippen molar-refractivity contribution in [2.24, 2.45) is 0 Å². The van der Waals surface area contributed by atoms with E-state index in [2.05, 4.69) is 43.7 Å². The Morgan fingerprint density at radius 1 is 1.10 bits per heavy atom. The number of benzene rings is 2. The number of nitrogens with one attached hydrogen (secondary N) is 2. The summed E-state index contributed by atoms with van der Waals surface area (Å²) in [6.45, 7) is 12.8. The van der Waals surface area contributed by atoms with Crippen LogP contribution in [0.1, 0.15) is 61.9 Å². The summed E-state index contributed by atoms with van der Waals surface area (Å²) in [6, 6.07) is 8.83. The average Bonchev–Trinajstić information content (AvgIpc) is 3.54. The van der Waals surface area contributed by atoms with Crippen molar-refractivity contribution in [3.8, 4) is 22.8 Å². The summed E-state index contributed by atoms with van der Waals surface area (Å²) >= 11 is 0. The highest BCUT2D eigenvalue weighted by Crippen LogP contribution is 2.39. The monoisotopic (exact) mass is 579 g/mol. The molecule has 2 aromatic heterocycles. The minimum atomic E-state index is -3.60. The van der Waals surface area contributed by atoms with Crippen LogP contribution in [0.4, 0.5) is 11.4 Å². The molecule has 0 aliphatic carbocycles. The lowest BCUT2D eigenvalue weighted by Crippen LogP contribution is -2.18. The highest BCUT2D eigenvalue weighted by molar-refractivity contribution is 7.92. The molecule has 12 heteroatoms. The van der Waals surface area contributed by atoms with Crippen molar-refractivity contribution in [2.45, 2.75) is 59.9 Å². The van der Waals surface area contributed by atoms with E-state index in [4.69, 9.17) is 4.74 Å². The summed E-state index contributed by atoms with van der Waals surface area (Å²) in [5.74, 6) is 0.801. The van der Waals surface area contributed by atoms with Gasteiger partial charge in [0.05, 0.1) is 48.5 Å². The van der Waals surface area contributed by atoms with Crippen LogP contribution in [0.15, 0.2) is 42.7 Å². The minimum Gasteiger partial charge on any atom is -0.492 e. The number of rotatable bonds is 9. The summed E-state index contributed by atoms with van der Waals surface area (Å²) in [5, 5.41) is 11.6. The number of anilines is 2. The molecule has 218 valence electrons. The van der Waals surface area contributed by atoms with Gasteiger partial charge in [0.25, 0.3) is 5.91 Å². The summed E-state index contributed by atoms with van der Waals surface area (Å²) < 4.78 is 35.9. The van der Waals surface area contributed by atoms with Crippen LogP contribution in [0.2, 0.25) is 0 Å². The molecule has 0 fully saturated rings. The predicted molar refractivity (Wildman–Crippen MR) is 160 cm³/mol. The Bertz CT molecular complexity index is 1700. The SMILES string of the molecule is CCc1ncc(-c2cn(-c3cc(C(=O)Nc4cc(C(C)(C)C)cc(NS(C)(=O)=O)c4OC)ccc3C)nn2)n1CC. The molecule has 0 radical (unpaired) electrons. The maximum atomic E-state index is 13.5. The maximum Gasteiger partial charge on any atom is 0.255 e. The van der Waals surface area contributed by atoms with Gasteiger partial charge in [0.1, 0.15) is 11.5 Å². The Kier molecular flexibility index (Phi) is 8.25. The van der Waals surface area contributed by atoms with E-state index in [1.807, 2.05) is 40.0 Å². The van der Waals surface area contributed by atoms with Crippen molar-refractivity contribution < 1.29 is 17.9 Å². The van der Waals surface area contributed by atoms with E-state index in [9.17, 15) is 13.2 Å². The standard InChI is InChI=1S/C29H37N7O4S/c1-9-26-30-16-25(35(26)10-2)23-17-36(34-32-23)24-13-19(12-11-18(24)3)28(37)31-21-14-20(29(4,5)6)15-22(27(21)40-7)33-41(8,38)39/h11-17,33H,9-10H2,1-8H3,(H,31,37). The fourth-order valence-electron chi connectivity index (χ4n) is 4.59. The third-order valence-electron chi connectivity index (χ3n) is 6.75. The molecule has 0 bridgehead atoms. The van der Waals surface area contributed by atoms with Crippen molar-refractivity contribution in [2.75, 3.05) is 23.4 Å². The topological polar surface area (TPSA) is 133 Å². The van der Waals surface area contributed by atoms with Crippen molar-refractivity contribution in [1.29, 1.82) is 0 Å². The van der Waals surface area contributed by atoms with Gasteiger partial charge in [-0.1, -0.05) is 39.0 Å². The molecule has 2 heterocycles. The number of aryl methyl sites for hydroxylation is 2. The van der Waals surface area contributed by atoms with Gasteiger partial charge in [-0.2, -0.15) is 0 Å². The number of hydrogen-bond donors (Lipinski definition) is 2. The number of sulfonamides is 1. The van der Waals surface area contributed by atoms with Crippen LogP contribution in [0.5, 0.6) is 5.75 Å². The van der Waals surface area contributed by atoms with E-state index < -0.39 is 15.9 Å². The third-order valence-corrected chi connectivity index (χ3v) is 7.34. The molecule has 0 spiro atoms. The number of amides is 1. The van der Waals surface area contributed by atoms with E-state index in [-0.39, 0.29) is 16.9 Å². The molecular weight excluding hydrogens is 542 g/mol. The molecule has 41 heavy (non-hydrogen) atoms. The van der Waals surface area contributed by atoms with E-state index in [0.717, 1.165) is 41.9 Å². The second-order valence-corrected chi connectivity index (χ2v) is 12.6. The molecule has 0 atom stereocenters. The van der Waals surface area contributed by atoms with Crippen LogP contribution in [0.3, 0.4) is 0 Å². The molecule has 0 saturated heterocycles. The fourth-order valence-corrected chi connectivity index (χ4v) is 5.15. The van der Waals surface area contributed by atoms with Gasteiger partial charge < -0.3 is 14.6 Å². The number of aromatic nitrogens is 5. The van der Waals surface area contributed by atoms with Crippen molar-refractivity contribution >= 4 is 27.3 Å². The molecule has 4 aromatic rings. The summed E-state index contributed by atoms with van der Waals surface area (Å²) in [6.07, 6.45) is 5.51. The molecule has 4 rings (SSSR count). The number of hydrogen-bond acceptors (Lipinski definition) is 7. The maximum absolute atomic E-state index is 13.5. The normalized spacial score (nSPS) is 11.9. The van der Waals surface area contributed by atoms with Crippen LogP contribution in [0.25, 0.3) is 17.1 Å². The summed E-state index contributed by atoms with van der Waals surface area (Å²) in [5.41, 5.74) is 4.64. The van der Waals surface area contributed by atoms with Gasteiger partial charge in [-0.25, -0.2) is 18.1 Å². The highest BCUT2D eigenvalue weighted by atomic mass is 32.2. The van der Waals surface area contributed by atoms with Crippen molar-refractivity contribution in [3.05, 3.63) is 65.2 Å². The van der Waals surface area contributed by atoms with Gasteiger partial charge in [0.2, 0.25) is 10.0 Å². The molecule has 2 N–H and O–H groups in total. The van der Waals surface area contributed by atoms with Crippen LogP contribution < -0.4 is 14.8 Å². The molecule has 11 nitrogen and oxygen atoms in total. The van der Waals surface area contributed by atoms with Crippen LogP contribution >= 0.6 is 0 Å². The largest absolute Gasteiger partial charge is 0.492 e. The lowest BCUT2D eigenvalue weighted by Gasteiger charge is -2.24. The second-order valence-electron chi connectivity index (χ2n) is 10.9. The van der Waals surface area contributed by atoms with E-state index in [1.54, 1.807) is 35.1 Å². The summed E-state index contributed by atoms with van der Waals surface area (Å²) in [7, 11) is -2.17. The second kappa shape index (κ2) is 11.4. The van der Waals surface area contributed by atoms with E-state index in [0.29, 0.717) is 22.6 Å². The van der Waals surface area contributed by atoms with E-state index >= 15 is 0 Å². The number of carbonyl (C=O) groups excluding carboxylic acids is 1. The predicted octanol–water partition coefficient (Wildman–Crippen LogP) is 4.95. The van der Waals surface area contributed by atoms with Gasteiger partial charge in [-0.3, -0.25) is 9.52 Å². The van der Waals surface area contributed by atoms with Crippen LogP contribution in [-0.2, 0) is 28.4 Å². The smallest absolute Gasteiger partial charge is 0.255 e. The first-order valence-electron chi connectivity index (χ1n) is 13.4. The highest BCUT2D eigenvalue weighted by Gasteiger charge is 2.23. The lowest BCUT2D eigenvalue weighted by atomic mass is 9.86. The van der Waals surface area contributed by atoms with Gasteiger partial charge >= 0.3 is 0 Å². The Morgan fingerprint density at radius 2 is 1.80 bits per heavy atom. The van der Waals surface area contributed by atoms with Crippen molar-refractivity contribution in [3.63, 3.8) is 0 Å². The zero-order chi connectivity index (χ0) is 30.1. The number of nitrogens with zero attached hydrogens (tertiary/aromatic N) is 5. The molecule has 0 aliphatic heterocycles. The first-order chi connectivity index (χ1) is 19.2. The summed E-state index contributed by atoms with van der Waals surface area (Å²) in [4.78, 5) is 18.0. The molecule has 1 amide bonds. The Balaban J connectivity index is 1.70. The lowest BCUT2D eigenvalue weighted by molar-refractivity contribution is 0.102. The Morgan fingerprint density at radius 3 is 2.41 bits per heavy atom. The zero-order valence-electron chi connectivity index (χ0n) is 24.7. The first-order valence-corrected chi connectivity index (χ1v) is 15.2. The van der Waals surface area contributed by atoms with E-state index in [1.165, 1.54) is 7.11 Å². The number of carbonyl (C=O) groups is 1. The first kappa shape index (κ1) is 29.8. The van der Waals surface area contributed by atoms with Crippen molar-refractivity contribution in [1.82, 2.24) is 24.5 Å². The molecule has 0 aliphatic rings. The number of imidazole rings is 1. The minimum absolute atomic E-state index is 0.212. The van der Waals surface area contributed by atoms with Gasteiger partial charge in [0, 0.05) is 18.5 Å². The number of ether oxygens (including phenoxy) is 1. The quantitative estimate of drug-likeness (QED) is 0.287. The molecule has 2 aromatic carbocycles. The number of methoxy groups -OCH3 is 1. The Hall–Kier alpha value is -4.19. The van der Waals surface area contributed by atoms with Crippen LogP contribution in [0, 0.1) is 6.92 Å². The molecular formula is C29H37N7O4S. The van der Waals surface area contributed by atoms with Gasteiger partial charge in [-0.15, -0.1) is 5.10 Å². The Labute approximate surface area is 241 Å². The van der Waals surface area contributed by atoms with Gasteiger partial charge in [0.15, 0.2) is 5.75 Å².